The van der Waals surface area contributed by atoms with Crippen LogP contribution in [0.5, 0.6) is 0 Å². The van der Waals surface area contributed by atoms with E-state index in [4.69, 9.17) is 4.98 Å². The van der Waals surface area contributed by atoms with Crippen LogP contribution in [0.3, 0.4) is 0 Å². The molecule has 0 unspecified atom stereocenters. The summed E-state index contributed by atoms with van der Waals surface area (Å²) in [6.07, 6.45) is 1.89. The number of amides is 1. The Kier molecular flexibility index (Phi) is 4.24. The second-order valence-corrected chi connectivity index (χ2v) is 8.94. The average molecular weight is 403 g/mol. The molecule has 0 bridgehead atoms. The standard InChI is InChI=1S/C23H22N4OS/c1-12(2)16-6-4-14(11-24-16)17-7-5-15-18(27-17)8-9-19-20(15)21-22(29-19)23(28)26-13(3)10-25-21/h4-9,11-13,25H,10H2,1-3H3,(H,26,28)/t13-/m1/s1. The second kappa shape index (κ2) is 6.81. The van der Waals surface area contributed by atoms with Crippen molar-refractivity contribution in [3.63, 3.8) is 0 Å². The van der Waals surface area contributed by atoms with Crippen LogP contribution in [-0.4, -0.2) is 28.5 Å². The highest BCUT2D eigenvalue weighted by Gasteiger charge is 2.24. The van der Waals surface area contributed by atoms with Crippen molar-refractivity contribution in [1.82, 2.24) is 15.3 Å². The molecule has 1 aliphatic rings. The van der Waals surface area contributed by atoms with Gasteiger partial charge in [-0.15, -0.1) is 11.3 Å². The zero-order chi connectivity index (χ0) is 20.1. The zero-order valence-corrected chi connectivity index (χ0v) is 17.4. The van der Waals surface area contributed by atoms with E-state index in [1.54, 1.807) is 0 Å². The normalized spacial score (nSPS) is 16.6. The maximum Gasteiger partial charge on any atom is 0.263 e. The fourth-order valence-corrected chi connectivity index (χ4v) is 4.88. The third-order valence-corrected chi connectivity index (χ3v) is 6.52. The molecule has 3 aromatic heterocycles. The number of aromatic nitrogens is 2. The molecule has 29 heavy (non-hydrogen) atoms. The van der Waals surface area contributed by atoms with Crippen molar-refractivity contribution < 1.29 is 4.79 Å². The molecule has 1 atom stereocenters. The predicted octanol–water partition coefficient (Wildman–Crippen LogP) is 5.18. The van der Waals surface area contributed by atoms with E-state index in [-0.39, 0.29) is 11.9 Å². The van der Waals surface area contributed by atoms with Crippen LogP contribution in [0.4, 0.5) is 5.69 Å². The van der Waals surface area contributed by atoms with E-state index in [9.17, 15) is 4.79 Å². The Morgan fingerprint density at radius 1 is 1.14 bits per heavy atom. The first-order valence-corrected chi connectivity index (χ1v) is 10.7. The van der Waals surface area contributed by atoms with Gasteiger partial charge in [0.25, 0.3) is 5.91 Å². The van der Waals surface area contributed by atoms with Crippen molar-refractivity contribution in [2.45, 2.75) is 32.7 Å². The molecule has 2 N–H and O–H groups in total. The molecule has 0 saturated heterocycles. The Hall–Kier alpha value is -2.99. The molecule has 4 aromatic rings. The SMILES string of the molecule is CC(C)c1ccc(-c2ccc3c(ccc4sc5c(c43)NC[C@@H](C)NC5=O)n2)cn1. The van der Waals surface area contributed by atoms with Crippen molar-refractivity contribution in [3.05, 3.63) is 53.2 Å². The molecule has 4 heterocycles. The number of nitrogens with one attached hydrogen (secondary N) is 2. The highest BCUT2D eigenvalue weighted by molar-refractivity contribution is 7.21. The van der Waals surface area contributed by atoms with Crippen LogP contribution in [-0.2, 0) is 0 Å². The first-order chi connectivity index (χ1) is 14.0. The van der Waals surface area contributed by atoms with Crippen molar-refractivity contribution in [2.75, 3.05) is 11.9 Å². The molecule has 5 nitrogen and oxygen atoms in total. The first kappa shape index (κ1) is 18.1. The Bertz CT molecular complexity index is 1240. The number of hydrogen-bond donors (Lipinski definition) is 2. The quantitative estimate of drug-likeness (QED) is 0.485. The summed E-state index contributed by atoms with van der Waals surface area (Å²) in [5.41, 5.74) is 4.83. The molecule has 5 rings (SSSR count). The number of anilines is 1. The van der Waals surface area contributed by atoms with Crippen LogP contribution in [0.15, 0.2) is 42.6 Å². The predicted molar refractivity (Wildman–Crippen MR) is 120 cm³/mol. The number of rotatable bonds is 2. The number of fused-ring (bicyclic) bond motifs is 5. The van der Waals surface area contributed by atoms with Crippen molar-refractivity contribution in [3.8, 4) is 11.3 Å². The third kappa shape index (κ3) is 3.04. The molecule has 0 radical (unpaired) electrons. The fourth-order valence-electron chi connectivity index (χ4n) is 3.78. The topological polar surface area (TPSA) is 66.9 Å². The molecule has 6 heteroatoms. The van der Waals surface area contributed by atoms with Crippen molar-refractivity contribution >= 4 is 43.9 Å². The summed E-state index contributed by atoms with van der Waals surface area (Å²) < 4.78 is 1.09. The van der Waals surface area contributed by atoms with Crippen molar-refractivity contribution in [1.29, 1.82) is 0 Å². The van der Waals surface area contributed by atoms with Crippen LogP contribution in [0.25, 0.3) is 32.2 Å². The lowest BCUT2D eigenvalue weighted by molar-refractivity contribution is 0.0949. The van der Waals surface area contributed by atoms with Crippen LogP contribution < -0.4 is 10.6 Å². The van der Waals surface area contributed by atoms with E-state index < -0.39 is 0 Å². The van der Waals surface area contributed by atoms with Crippen LogP contribution in [0.2, 0.25) is 0 Å². The minimum atomic E-state index is -0.00672. The van der Waals surface area contributed by atoms with E-state index in [1.807, 2.05) is 25.3 Å². The molecule has 0 saturated carbocycles. The van der Waals surface area contributed by atoms with Crippen LogP contribution in [0, 0.1) is 0 Å². The summed E-state index contributed by atoms with van der Waals surface area (Å²) in [5, 5.41) is 8.65. The van der Waals surface area contributed by atoms with Crippen LogP contribution >= 0.6 is 11.3 Å². The maximum absolute atomic E-state index is 12.6. The summed E-state index contributed by atoms with van der Waals surface area (Å²) in [5.74, 6) is 0.399. The lowest BCUT2D eigenvalue weighted by Gasteiger charge is -2.10. The number of carbonyl (C=O) groups is 1. The number of thiophene rings is 1. The van der Waals surface area contributed by atoms with Crippen LogP contribution in [0.1, 0.15) is 42.1 Å². The summed E-state index contributed by atoms with van der Waals surface area (Å²) in [4.78, 5) is 22.8. The van der Waals surface area contributed by atoms with Gasteiger partial charge < -0.3 is 10.6 Å². The van der Waals surface area contributed by atoms with E-state index in [2.05, 4.69) is 53.7 Å². The molecule has 1 aromatic carbocycles. The van der Waals surface area contributed by atoms with Gasteiger partial charge in [-0.25, -0.2) is 4.98 Å². The summed E-state index contributed by atoms with van der Waals surface area (Å²) in [6, 6.07) is 12.5. The number of hydrogen-bond acceptors (Lipinski definition) is 5. The minimum absolute atomic E-state index is 0.00672. The van der Waals surface area contributed by atoms with Gasteiger partial charge >= 0.3 is 0 Å². The number of benzene rings is 1. The van der Waals surface area contributed by atoms with E-state index in [1.165, 1.54) is 11.3 Å². The summed E-state index contributed by atoms with van der Waals surface area (Å²) in [6.45, 7) is 7.00. The summed E-state index contributed by atoms with van der Waals surface area (Å²) in [7, 11) is 0. The fraction of sp³-hybridized carbons (Fsp3) is 0.261. The Balaban J connectivity index is 1.64. The summed E-state index contributed by atoms with van der Waals surface area (Å²) >= 11 is 1.53. The van der Waals surface area contributed by atoms with Gasteiger partial charge in [-0.05, 0) is 49.2 Å². The molecule has 0 aliphatic carbocycles. The first-order valence-electron chi connectivity index (χ1n) is 9.88. The lowest BCUT2D eigenvalue weighted by Crippen LogP contribution is -2.34. The molecule has 146 valence electrons. The minimum Gasteiger partial charge on any atom is -0.381 e. The Morgan fingerprint density at radius 3 is 2.76 bits per heavy atom. The average Bonchev–Trinajstić information content (AvgIpc) is 3.04. The van der Waals surface area contributed by atoms with Gasteiger partial charge in [-0.1, -0.05) is 13.8 Å². The van der Waals surface area contributed by atoms with Crippen molar-refractivity contribution in [2.24, 2.45) is 0 Å². The van der Waals surface area contributed by atoms with E-state index in [0.717, 1.165) is 48.5 Å². The molecule has 1 aliphatic heterocycles. The molecular weight excluding hydrogens is 380 g/mol. The van der Waals surface area contributed by atoms with Gasteiger partial charge in [-0.3, -0.25) is 9.78 Å². The second-order valence-electron chi connectivity index (χ2n) is 7.89. The lowest BCUT2D eigenvalue weighted by atomic mass is 10.1. The molecular formula is C23H22N4OS. The van der Waals surface area contributed by atoms with Gasteiger partial charge in [0.15, 0.2) is 0 Å². The molecule has 0 fully saturated rings. The molecule has 1 amide bonds. The Morgan fingerprint density at radius 2 is 2.00 bits per heavy atom. The van der Waals surface area contributed by atoms with Gasteiger partial charge in [0.2, 0.25) is 0 Å². The number of pyridine rings is 2. The Labute approximate surface area is 173 Å². The largest absolute Gasteiger partial charge is 0.381 e. The number of carbonyl (C=O) groups excluding carboxylic acids is 1. The monoisotopic (exact) mass is 402 g/mol. The van der Waals surface area contributed by atoms with Gasteiger partial charge in [0.1, 0.15) is 4.88 Å². The third-order valence-electron chi connectivity index (χ3n) is 5.36. The zero-order valence-electron chi connectivity index (χ0n) is 16.6. The smallest absolute Gasteiger partial charge is 0.263 e. The van der Waals surface area contributed by atoms with Gasteiger partial charge in [-0.2, -0.15) is 0 Å². The van der Waals surface area contributed by atoms with Gasteiger partial charge in [0, 0.05) is 45.5 Å². The van der Waals surface area contributed by atoms with E-state index >= 15 is 0 Å². The van der Waals surface area contributed by atoms with E-state index in [0.29, 0.717) is 12.5 Å². The van der Waals surface area contributed by atoms with Gasteiger partial charge in [0.05, 0.1) is 16.9 Å². The molecule has 0 spiro atoms. The highest BCUT2D eigenvalue weighted by atomic mass is 32.1. The maximum atomic E-state index is 12.6. The highest BCUT2D eigenvalue weighted by Crippen LogP contribution is 2.41. The number of nitrogens with zero attached hydrogens (tertiary/aromatic N) is 2.